The van der Waals surface area contributed by atoms with Gasteiger partial charge in [-0.3, -0.25) is 0 Å². The molecule has 0 N–H and O–H groups in total. The minimum absolute atomic E-state index is 0.632. The summed E-state index contributed by atoms with van der Waals surface area (Å²) in [5.74, 6) is 1.07. The number of thiol groups is 1. The lowest BCUT2D eigenvalue weighted by atomic mass is 10.1. The van der Waals surface area contributed by atoms with E-state index in [9.17, 15) is 9.59 Å². The Hall–Kier alpha value is -0.890. The van der Waals surface area contributed by atoms with Crippen LogP contribution in [0, 0.1) is 0 Å². The number of hydrogen-bond donors (Lipinski definition) is 1. The van der Waals surface area contributed by atoms with Gasteiger partial charge >= 0.3 is 0 Å². The van der Waals surface area contributed by atoms with Gasteiger partial charge in [0.2, 0.25) is 12.2 Å². The van der Waals surface area contributed by atoms with E-state index in [-0.39, 0.29) is 0 Å². The Labute approximate surface area is 198 Å². The monoisotopic (exact) mass is 454 g/mol. The van der Waals surface area contributed by atoms with Crippen LogP contribution in [0.4, 0.5) is 0 Å². The molecule has 0 bridgehead atoms. The number of unbranched alkanes of at least 4 members (excludes halogenated alkanes) is 18. The summed E-state index contributed by atoms with van der Waals surface area (Å²) in [6.45, 7) is 3.54. The SMILES string of the molecule is CCCCCCCCCCCCS.O=C=NCCCCCCCCCCCCN=C=O. The first kappa shape index (κ1) is 32.3. The van der Waals surface area contributed by atoms with Gasteiger partial charge in [0.05, 0.1) is 13.1 Å². The average molecular weight is 455 g/mol. The summed E-state index contributed by atoms with van der Waals surface area (Å²) < 4.78 is 0. The summed E-state index contributed by atoms with van der Waals surface area (Å²) in [7, 11) is 0. The van der Waals surface area contributed by atoms with E-state index >= 15 is 0 Å². The molecule has 0 aromatic heterocycles. The minimum atomic E-state index is 0.632. The zero-order valence-corrected chi connectivity index (χ0v) is 21.3. The number of hydrogen-bond acceptors (Lipinski definition) is 5. The van der Waals surface area contributed by atoms with Crippen molar-refractivity contribution in [2.24, 2.45) is 9.98 Å². The van der Waals surface area contributed by atoms with Crippen LogP contribution in [-0.2, 0) is 9.59 Å². The van der Waals surface area contributed by atoms with Crippen LogP contribution < -0.4 is 0 Å². The number of aliphatic imine (C=N–C) groups is 2. The van der Waals surface area contributed by atoms with Crippen LogP contribution in [0.2, 0.25) is 0 Å². The fourth-order valence-electron chi connectivity index (χ4n) is 3.49. The van der Waals surface area contributed by atoms with Crippen molar-refractivity contribution >= 4 is 24.8 Å². The Kier molecular flexibility index (Phi) is 35.1. The highest BCUT2D eigenvalue weighted by Gasteiger charge is 1.93. The second-order valence-corrected chi connectivity index (χ2v) is 8.83. The largest absolute Gasteiger partial charge is 0.234 e. The smallest absolute Gasteiger partial charge is 0.211 e. The van der Waals surface area contributed by atoms with Gasteiger partial charge in [-0.25, -0.2) is 19.6 Å². The molecule has 0 amide bonds. The molecular weight excluding hydrogens is 404 g/mol. The molecule has 0 aromatic rings. The van der Waals surface area contributed by atoms with Crippen molar-refractivity contribution < 1.29 is 9.59 Å². The highest BCUT2D eigenvalue weighted by atomic mass is 32.1. The van der Waals surface area contributed by atoms with Gasteiger partial charge in [0, 0.05) is 0 Å². The molecule has 0 atom stereocenters. The van der Waals surface area contributed by atoms with Crippen molar-refractivity contribution in [1.29, 1.82) is 0 Å². The lowest BCUT2D eigenvalue weighted by Crippen LogP contribution is -1.85. The maximum atomic E-state index is 9.81. The standard InChI is InChI=1S/C14H24N2O2.C12H26S/c17-13-15-11-9-7-5-3-1-2-4-6-8-10-12-16-14-18;1-2-3-4-5-6-7-8-9-10-11-12-13/h1-12H2;13H,2-12H2,1H3. The molecule has 0 spiro atoms. The molecule has 0 saturated heterocycles. The van der Waals surface area contributed by atoms with E-state index < -0.39 is 0 Å². The number of isocyanates is 2. The van der Waals surface area contributed by atoms with Gasteiger partial charge in [-0.2, -0.15) is 12.6 Å². The summed E-state index contributed by atoms with van der Waals surface area (Å²) in [6, 6.07) is 0. The van der Waals surface area contributed by atoms with Gasteiger partial charge in [0.25, 0.3) is 0 Å². The molecule has 0 unspecified atom stereocenters. The number of rotatable bonds is 23. The molecule has 0 fully saturated rings. The highest BCUT2D eigenvalue weighted by Crippen LogP contribution is 2.11. The molecule has 0 aliphatic rings. The van der Waals surface area contributed by atoms with Crippen LogP contribution in [0.15, 0.2) is 9.98 Å². The second-order valence-electron chi connectivity index (χ2n) is 8.39. The summed E-state index contributed by atoms with van der Waals surface area (Å²) in [4.78, 5) is 26.7. The Bertz CT molecular complexity index is 382. The molecule has 0 saturated carbocycles. The molecule has 31 heavy (non-hydrogen) atoms. The van der Waals surface area contributed by atoms with E-state index in [1.807, 2.05) is 0 Å². The van der Waals surface area contributed by atoms with Crippen LogP contribution in [0.1, 0.15) is 135 Å². The maximum Gasteiger partial charge on any atom is 0.234 e. The summed E-state index contributed by atoms with van der Waals surface area (Å²) >= 11 is 4.20. The van der Waals surface area contributed by atoms with Gasteiger partial charge in [-0.05, 0) is 25.0 Å². The first-order chi connectivity index (χ1) is 15.3. The Morgan fingerprint density at radius 3 is 1.06 bits per heavy atom. The molecule has 0 aliphatic heterocycles. The van der Waals surface area contributed by atoms with Crippen molar-refractivity contribution in [2.45, 2.75) is 135 Å². The van der Waals surface area contributed by atoms with E-state index in [0.29, 0.717) is 13.1 Å². The minimum Gasteiger partial charge on any atom is -0.211 e. The van der Waals surface area contributed by atoms with E-state index in [0.717, 1.165) is 31.4 Å². The number of carbonyl (C=O) groups excluding carboxylic acids is 2. The quantitative estimate of drug-likeness (QED) is 0.0729. The molecular formula is C26H50N2O2S. The molecule has 0 radical (unpaired) electrons. The highest BCUT2D eigenvalue weighted by molar-refractivity contribution is 7.80. The van der Waals surface area contributed by atoms with Crippen molar-refractivity contribution in [3.05, 3.63) is 0 Å². The first-order valence-corrected chi connectivity index (χ1v) is 13.6. The van der Waals surface area contributed by atoms with E-state index in [2.05, 4.69) is 29.5 Å². The van der Waals surface area contributed by atoms with Crippen molar-refractivity contribution in [1.82, 2.24) is 0 Å². The zero-order valence-electron chi connectivity index (χ0n) is 20.4. The lowest BCUT2D eigenvalue weighted by Gasteiger charge is -2.01. The predicted octanol–water partition coefficient (Wildman–Crippen LogP) is 8.40. The third kappa shape index (κ3) is 36.8. The lowest BCUT2D eigenvalue weighted by molar-refractivity contribution is 0.547. The number of nitrogens with zero attached hydrogens (tertiary/aromatic N) is 2. The molecule has 0 aromatic carbocycles. The molecule has 0 aliphatic carbocycles. The third-order valence-corrected chi connectivity index (χ3v) is 5.75. The van der Waals surface area contributed by atoms with Gasteiger partial charge in [0.15, 0.2) is 0 Å². The van der Waals surface area contributed by atoms with Crippen LogP contribution in [-0.4, -0.2) is 31.0 Å². The Morgan fingerprint density at radius 2 is 0.774 bits per heavy atom. The summed E-state index contributed by atoms with van der Waals surface area (Å²) in [6.07, 6.45) is 29.3. The van der Waals surface area contributed by atoms with Crippen LogP contribution >= 0.6 is 12.6 Å². The summed E-state index contributed by atoms with van der Waals surface area (Å²) in [5.41, 5.74) is 0. The Balaban J connectivity index is 0. The van der Waals surface area contributed by atoms with E-state index in [1.54, 1.807) is 12.2 Å². The normalized spacial score (nSPS) is 10.0. The van der Waals surface area contributed by atoms with Crippen molar-refractivity contribution in [3.8, 4) is 0 Å². The van der Waals surface area contributed by atoms with Gasteiger partial charge in [-0.15, -0.1) is 0 Å². The van der Waals surface area contributed by atoms with Gasteiger partial charge in [0.1, 0.15) is 0 Å². The third-order valence-electron chi connectivity index (χ3n) is 5.43. The molecule has 5 heteroatoms. The van der Waals surface area contributed by atoms with Crippen LogP contribution in [0.3, 0.4) is 0 Å². The fraction of sp³-hybridized carbons (Fsp3) is 0.923. The molecule has 4 nitrogen and oxygen atoms in total. The molecule has 0 rings (SSSR count). The second kappa shape index (κ2) is 33.7. The predicted molar refractivity (Wildman–Crippen MR) is 138 cm³/mol. The van der Waals surface area contributed by atoms with Gasteiger partial charge in [-0.1, -0.05) is 116 Å². The van der Waals surface area contributed by atoms with Gasteiger partial charge < -0.3 is 0 Å². The molecule has 182 valence electrons. The average Bonchev–Trinajstić information content (AvgIpc) is 2.79. The summed E-state index contributed by atoms with van der Waals surface area (Å²) in [5, 5.41) is 0. The first-order valence-electron chi connectivity index (χ1n) is 13.0. The van der Waals surface area contributed by atoms with Crippen LogP contribution in [0.5, 0.6) is 0 Å². The van der Waals surface area contributed by atoms with Crippen molar-refractivity contribution in [3.63, 3.8) is 0 Å². The fourth-order valence-corrected chi connectivity index (χ4v) is 3.71. The topological polar surface area (TPSA) is 58.9 Å². The van der Waals surface area contributed by atoms with Crippen molar-refractivity contribution in [2.75, 3.05) is 18.8 Å². The van der Waals surface area contributed by atoms with E-state index in [1.165, 1.54) is 103 Å². The molecule has 0 heterocycles. The zero-order chi connectivity index (χ0) is 23.1. The van der Waals surface area contributed by atoms with Crippen LogP contribution in [0.25, 0.3) is 0 Å². The Morgan fingerprint density at radius 1 is 0.484 bits per heavy atom. The van der Waals surface area contributed by atoms with E-state index in [4.69, 9.17) is 0 Å². The maximum absolute atomic E-state index is 9.81.